The zero-order chi connectivity index (χ0) is 24.3. The summed E-state index contributed by atoms with van der Waals surface area (Å²) in [7, 11) is 0. The van der Waals surface area contributed by atoms with Gasteiger partial charge in [0, 0.05) is 31.6 Å². The van der Waals surface area contributed by atoms with E-state index < -0.39 is 10.5 Å². The number of para-hydroxylation sites is 1. The van der Waals surface area contributed by atoms with Crippen molar-refractivity contribution in [2.75, 3.05) is 44.0 Å². The Morgan fingerprint density at radius 2 is 1.78 bits per heavy atom. The van der Waals surface area contributed by atoms with Gasteiger partial charge in [0.25, 0.3) is 0 Å². The Balaban J connectivity index is 0.00000121. The van der Waals surface area contributed by atoms with Crippen LogP contribution in [0.4, 0.5) is 16.2 Å². The maximum Gasteiger partial charge on any atom is 0.410 e. The minimum atomic E-state index is -0.517. The van der Waals surface area contributed by atoms with Crippen LogP contribution in [0.3, 0.4) is 0 Å². The Bertz CT molecular complexity index is 880. The van der Waals surface area contributed by atoms with Crippen LogP contribution in [0.25, 0.3) is 10.9 Å². The molecule has 178 valence electrons. The maximum atomic E-state index is 12.2. The quantitative estimate of drug-likeness (QED) is 0.346. The smallest absolute Gasteiger partial charge is 0.410 e. The fraction of sp³-hybridized carbons (Fsp3) is 0.545. The predicted octanol–water partition coefficient (Wildman–Crippen LogP) is 5.10. The van der Waals surface area contributed by atoms with Gasteiger partial charge in [0.05, 0.1) is 17.1 Å². The van der Waals surface area contributed by atoms with Crippen LogP contribution in [0.1, 0.15) is 34.6 Å². The first-order valence-electron chi connectivity index (χ1n) is 10.6. The number of carbonyl (C=O) groups is 1. The van der Waals surface area contributed by atoms with Crippen LogP contribution in [0.2, 0.25) is 0 Å². The third-order valence-electron chi connectivity index (χ3n) is 4.46. The average Bonchev–Trinajstić information content (AvgIpc) is 2.79. The topological polar surface area (TPSA) is 101 Å². The normalized spacial score (nSPS) is 13.9. The first-order valence-corrected chi connectivity index (χ1v) is 12.2. The lowest BCUT2D eigenvalue weighted by Gasteiger charge is -2.35. The number of benzene rings is 1. The summed E-state index contributed by atoms with van der Waals surface area (Å²) in [5.74, 6) is 1.81. The van der Waals surface area contributed by atoms with Crippen molar-refractivity contribution in [3.8, 4) is 0 Å². The SMILES string of the molecule is CBr.CC.CC(C)(C)OC(=O)N1CCN(CNc2c([N+](=O)[O-])cnc3ccccc23)CC1. The molecule has 2 aromatic rings. The van der Waals surface area contributed by atoms with Gasteiger partial charge in [-0.3, -0.25) is 15.0 Å². The first kappa shape index (κ1) is 27.6. The number of piperazine rings is 1. The summed E-state index contributed by atoms with van der Waals surface area (Å²) >= 11 is 2.94. The fourth-order valence-corrected chi connectivity index (χ4v) is 3.06. The molecule has 10 heteroatoms. The number of fused-ring (bicyclic) bond motifs is 1. The molecular weight excluding hydrogens is 478 g/mol. The lowest BCUT2D eigenvalue weighted by atomic mass is 10.1. The van der Waals surface area contributed by atoms with Crippen molar-refractivity contribution in [1.82, 2.24) is 14.8 Å². The predicted molar refractivity (Wildman–Crippen MR) is 132 cm³/mol. The Morgan fingerprint density at radius 1 is 1.19 bits per heavy atom. The van der Waals surface area contributed by atoms with Crippen molar-refractivity contribution in [3.05, 3.63) is 40.6 Å². The molecule has 0 saturated carbocycles. The molecule has 1 amide bonds. The average molecular weight is 512 g/mol. The number of aromatic nitrogens is 1. The monoisotopic (exact) mass is 511 g/mol. The van der Waals surface area contributed by atoms with Gasteiger partial charge in [0.1, 0.15) is 17.5 Å². The van der Waals surface area contributed by atoms with Crippen molar-refractivity contribution >= 4 is 44.3 Å². The standard InChI is InChI=1S/C19H25N5O4.C2H6.CH3Br/c1-19(2,3)28-18(25)23-10-8-22(9-11-23)13-21-17-14-6-4-5-7-15(14)20-12-16(17)24(26)27;2*1-2/h4-7,12H,8-11,13H2,1-3H3,(H,20,21);1-2H3;1H3. The highest BCUT2D eigenvalue weighted by atomic mass is 79.9. The molecule has 0 spiro atoms. The minimum absolute atomic E-state index is 0.0499. The van der Waals surface area contributed by atoms with E-state index in [4.69, 9.17) is 4.74 Å². The molecule has 2 heterocycles. The summed E-state index contributed by atoms with van der Waals surface area (Å²) in [6, 6.07) is 7.32. The van der Waals surface area contributed by atoms with E-state index in [-0.39, 0.29) is 11.8 Å². The maximum absolute atomic E-state index is 12.2. The molecule has 1 fully saturated rings. The van der Waals surface area contributed by atoms with Gasteiger partial charge in [-0.1, -0.05) is 48.0 Å². The van der Waals surface area contributed by atoms with Crippen molar-refractivity contribution in [2.45, 2.75) is 40.2 Å². The van der Waals surface area contributed by atoms with Gasteiger partial charge in [0.2, 0.25) is 0 Å². The highest BCUT2D eigenvalue weighted by molar-refractivity contribution is 9.08. The number of anilines is 1. The van der Waals surface area contributed by atoms with Gasteiger partial charge in [-0.2, -0.15) is 0 Å². The third-order valence-corrected chi connectivity index (χ3v) is 4.46. The fourth-order valence-electron chi connectivity index (χ4n) is 3.06. The number of carbonyl (C=O) groups excluding carboxylic acids is 1. The van der Waals surface area contributed by atoms with Gasteiger partial charge in [-0.25, -0.2) is 9.78 Å². The van der Waals surface area contributed by atoms with E-state index in [2.05, 4.69) is 31.1 Å². The largest absolute Gasteiger partial charge is 0.444 e. The van der Waals surface area contributed by atoms with Gasteiger partial charge in [-0.05, 0) is 32.7 Å². The molecule has 1 N–H and O–H groups in total. The van der Waals surface area contributed by atoms with Gasteiger partial charge < -0.3 is 15.0 Å². The molecule has 1 aliphatic heterocycles. The Labute approximate surface area is 198 Å². The van der Waals surface area contributed by atoms with E-state index in [1.54, 1.807) is 4.90 Å². The van der Waals surface area contributed by atoms with Crippen molar-refractivity contribution in [2.24, 2.45) is 0 Å². The number of pyridine rings is 1. The molecule has 1 aliphatic rings. The number of amides is 1. The minimum Gasteiger partial charge on any atom is -0.444 e. The summed E-state index contributed by atoms with van der Waals surface area (Å²) in [4.78, 5) is 31.1. The lowest BCUT2D eigenvalue weighted by Crippen LogP contribution is -2.51. The number of nitro groups is 1. The van der Waals surface area contributed by atoms with Crippen molar-refractivity contribution < 1.29 is 14.5 Å². The molecule has 0 unspecified atom stereocenters. The molecule has 0 atom stereocenters. The number of ether oxygens (including phenoxy) is 1. The first-order chi connectivity index (χ1) is 15.2. The molecular formula is C22H34BrN5O4. The van der Waals surface area contributed by atoms with Crippen LogP contribution < -0.4 is 5.32 Å². The summed E-state index contributed by atoms with van der Waals surface area (Å²) in [5, 5.41) is 15.3. The number of nitrogens with zero attached hydrogens (tertiary/aromatic N) is 4. The van der Waals surface area contributed by atoms with E-state index in [9.17, 15) is 14.9 Å². The molecule has 0 radical (unpaired) electrons. The van der Waals surface area contributed by atoms with Crippen LogP contribution in [0, 0.1) is 10.1 Å². The van der Waals surface area contributed by atoms with Gasteiger partial charge in [-0.15, -0.1) is 0 Å². The van der Waals surface area contributed by atoms with Crippen LogP contribution >= 0.6 is 15.9 Å². The molecule has 1 saturated heterocycles. The highest BCUT2D eigenvalue weighted by Crippen LogP contribution is 2.31. The Morgan fingerprint density at radius 3 is 2.34 bits per heavy atom. The molecule has 32 heavy (non-hydrogen) atoms. The zero-order valence-electron chi connectivity index (χ0n) is 19.7. The van der Waals surface area contributed by atoms with Crippen LogP contribution in [0.5, 0.6) is 0 Å². The molecule has 9 nitrogen and oxygen atoms in total. The molecule has 1 aromatic carbocycles. The Hall–Kier alpha value is -2.46. The summed E-state index contributed by atoms with van der Waals surface area (Å²) in [5.41, 5.74) is 0.596. The number of hydrogen-bond donors (Lipinski definition) is 1. The molecule has 0 aliphatic carbocycles. The van der Waals surface area contributed by atoms with Crippen molar-refractivity contribution in [1.29, 1.82) is 0 Å². The summed E-state index contributed by atoms with van der Waals surface area (Å²) in [6.07, 6.45) is 0.973. The molecule has 0 bridgehead atoms. The number of nitrogens with one attached hydrogen (secondary N) is 1. The van der Waals surface area contributed by atoms with Crippen molar-refractivity contribution in [3.63, 3.8) is 0 Å². The van der Waals surface area contributed by atoms with E-state index in [1.165, 1.54) is 6.20 Å². The van der Waals surface area contributed by atoms with E-state index in [1.807, 2.05) is 64.7 Å². The summed E-state index contributed by atoms with van der Waals surface area (Å²) < 4.78 is 5.40. The van der Waals surface area contributed by atoms with Crippen LogP contribution in [-0.2, 0) is 4.74 Å². The third kappa shape index (κ3) is 7.90. The number of halogens is 1. The zero-order valence-corrected chi connectivity index (χ0v) is 21.3. The highest BCUT2D eigenvalue weighted by Gasteiger charge is 2.26. The van der Waals surface area contributed by atoms with Crippen LogP contribution in [-0.4, -0.2) is 70.1 Å². The second kappa shape index (κ2) is 13.2. The second-order valence-electron chi connectivity index (χ2n) is 7.71. The number of rotatable bonds is 4. The summed E-state index contributed by atoms with van der Waals surface area (Å²) in [6.45, 7) is 12.4. The molecule has 1 aromatic heterocycles. The molecule has 3 rings (SSSR count). The van der Waals surface area contributed by atoms with Gasteiger partial charge >= 0.3 is 11.8 Å². The van der Waals surface area contributed by atoms with E-state index >= 15 is 0 Å². The second-order valence-corrected chi connectivity index (χ2v) is 7.71. The lowest BCUT2D eigenvalue weighted by molar-refractivity contribution is -0.384. The Kier molecular flexibility index (Phi) is 11.3. The van der Waals surface area contributed by atoms with E-state index in [0.29, 0.717) is 49.4 Å². The van der Waals surface area contributed by atoms with E-state index in [0.717, 1.165) is 0 Å². The van der Waals surface area contributed by atoms with Crippen LogP contribution in [0.15, 0.2) is 30.5 Å². The number of alkyl halides is 1. The number of hydrogen-bond acceptors (Lipinski definition) is 7. The van der Waals surface area contributed by atoms with Gasteiger partial charge in [0.15, 0.2) is 0 Å².